The lowest BCUT2D eigenvalue weighted by Crippen LogP contribution is -2.46. The molecule has 0 spiro atoms. The third-order valence-corrected chi connectivity index (χ3v) is 8.41. The van der Waals surface area contributed by atoms with E-state index in [4.69, 9.17) is 13.3 Å². The molecule has 0 aliphatic rings. The lowest BCUT2D eigenvalue weighted by Gasteiger charge is -2.28. The maximum absolute atomic E-state index is 12.2. The van der Waals surface area contributed by atoms with Crippen LogP contribution in [0.2, 0.25) is 6.04 Å². The molecule has 0 fully saturated rings. The summed E-state index contributed by atoms with van der Waals surface area (Å²) in [6.07, 6.45) is 3.94. The smallest absolute Gasteiger partial charge is 0.374 e. The van der Waals surface area contributed by atoms with E-state index in [2.05, 4.69) is 19.9 Å². The van der Waals surface area contributed by atoms with Crippen molar-refractivity contribution in [3.05, 3.63) is 34.2 Å². The number of aromatic nitrogens is 1. The summed E-state index contributed by atoms with van der Waals surface area (Å²) in [5, 5.41) is 0. The fraction of sp³-hybridized carbons (Fsp3) is 0.750. The molecule has 1 heterocycles. The maximum atomic E-state index is 12.2. The van der Waals surface area contributed by atoms with Crippen LogP contribution in [0.5, 0.6) is 0 Å². The highest BCUT2D eigenvalue weighted by molar-refractivity contribution is 7.98. The van der Waals surface area contributed by atoms with E-state index in [9.17, 15) is 4.79 Å². The Kier molecular flexibility index (Phi) is 12.3. The van der Waals surface area contributed by atoms with Gasteiger partial charge in [-0.3, -0.25) is 4.79 Å². The van der Waals surface area contributed by atoms with E-state index in [1.54, 1.807) is 10.6 Å². The number of hydrogen-bond acceptors (Lipinski definition) is 5. The second-order valence-corrected chi connectivity index (χ2v) is 10.7. The van der Waals surface area contributed by atoms with Gasteiger partial charge in [0.1, 0.15) is 0 Å². The fourth-order valence-corrected chi connectivity index (χ4v) is 6.58. The van der Waals surface area contributed by atoms with E-state index >= 15 is 0 Å². The topological polar surface area (TPSA) is 49.7 Å². The van der Waals surface area contributed by atoms with E-state index in [1.807, 2.05) is 38.7 Å². The first-order valence-electron chi connectivity index (χ1n) is 10.1. The molecule has 0 N–H and O–H groups in total. The number of thioether (sulfide) groups is 1. The van der Waals surface area contributed by atoms with Gasteiger partial charge in [-0.25, -0.2) is 0 Å². The van der Waals surface area contributed by atoms with E-state index in [1.165, 1.54) is 0 Å². The van der Waals surface area contributed by atoms with Gasteiger partial charge < -0.3 is 17.8 Å². The van der Waals surface area contributed by atoms with Gasteiger partial charge in [-0.2, -0.15) is 11.8 Å². The number of hydrogen-bond donors (Lipinski definition) is 0. The van der Waals surface area contributed by atoms with Crippen LogP contribution in [0.1, 0.15) is 53.0 Å². The first kappa shape index (κ1) is 24.4. The molecule has 0 aromatic carbocycles. The summed E-state index contributed by atoms with van der Waals surface area (Å²) < 4.78 is 19.5. The van der Waals surface area contributed by atoms with Crippen molar-refractivity contribution < 1.29 is 13.3 Å². The minimum absolute atomic E-state index is 0.101. The van der Waals surface area contributed by atoms with Gasteiger partial charge >= 0.3 is 8.80 Å². The van der Waals surface area contributed by atoms with Crippen LogP contribution in [0.25, 0.3) is 0 Å². The monoisotopic (exact) mass is 415 g/mol. The highest BCUT2D eigenvalue weighted by atomic mass is 32.2. The zero-order valence-corrected chi connectivity index (χ0v) is 19.5. The molecule has 0 saturated carbocycles. The molecule has 0 radical (unpaired) electrons. The Morgan fingerprint density at radius 2 is 1.74 bits per heavy atom. The molecule has 156 valence electrons. The minimum Gasteiger partial charge on any atom is -0.374 e. The first-order chi connectivity index (χ1) is 13.0. The Bertz CT molecular complexity index is 562. The zero-order chi connectivity index (χ0) is 20.1. The normalized spacial score (nSPS) is 12.1. The van der Waals surface area contributed by atoms with E-state index in [0.29, 0.717) is 25.7 Å². The minimum atomic E-state index is -2.53. The van der Waals surface area contributed by atoms with E-state index in [-0.39, 0.29) is 5.56 Å². The predicted molar refractivity (Wildman–Crippen MR) is 116 cm³/mol. The lowest BCUT2D eigenvalue weighted by atomic mass is 10.1. The molecule has 1 aromatic rings. The summed E-state index contributed by atoms with van der Waals surface area (Å²) in [5.74, 6) is 2.46. The summed E-state index contributed by atoms with van der Waals surface area (Å²) in [4.78, 5) is 12.2. The summed E-state index contributed by atoms with van der Waals surface area (Å²) in [5.41, 5.74) is 1.19. The number of pyridine rings is 1. The second-order valence-electron chi connectivity index (χ2n) is 6.89. The van der Waals surface area contributed by atoms with Gasteiger partial charge in [0.2, 0.25) is 0 Å². The van der Waals surface area contributed by atoms with Gasteiger partial charge in [0.25, 0.3) is 5.56 Å². The summed E-state index contributed by atoms with van der Waals surface area (Å²) in [6.45, 7) is 13.0. The average molecular weight is 416 g/mol. The second kappa shape index (κ2) is 13.6. The molecular weight excluding hydrogens is 378 g/mol. The standard InChI is InChI=1S/C20H37NO4SSi/c1-6-23-27(24-7-2,25-8-3)15-9-14-26-17-19-11-13-21(20(22)16-19)12-10-18(4)5/h11,13,16,18H,6-10,12,14-15,17H2,1-5H3. The van der Waals surface area contributed by atoms with Crippen LogP contribution in [-0.4, -0.2) is 38.9 Å². The third-order valence-electron chi connectivity index (χ3n) is 4.14. The molecule has 1 rings (SSSR count). The summed E-state index contributed by atoms with van der Waals surface area (Å²) in [6, 6.07) is 4.67. The van der Waals surface area contributed by atoms with Crippen molar-refractivity contribution in [1.29, 1.82) is 0 Å². The van der Waals surface area contributed by atoms with Crippen molar-refractivity contribution in [1.82, 2.24) is 4.57 Å². The Morgan fingerprint density at radius 3 is 2.26 bits per heavy atom. The Hall–Kier alpha value is -0.603. The molecule has 0 saturated heterocycles. The van der Waals surface area contributed by atoms with Crippen LogP contribution in [0.15, 0.2) is 23.1 Å². The molecule has 1 aromatic heterocycles. The van der Waals surface area contributed by atoms with Crippen LogP contribution in [0.3, 0.4) is 0 Å². The fourth-order valence-electron chi connectivity index (χ4n) is 2.80. The molecule has 27 heavy (non-hydrogen) atoms. The third kappa shape index (κ3) is 9.43. The van der Waals surface area contributed by atoms with Crippen molar-refractivity contribution in [2.24, 2.45) is 5.92 Å². The van der Waals surface area contributed by atoms with Gasteiger partial charge in [0.15, 0.2) is 0 Å². The van der Waals surface area contributed by atoms with Crippen molar-refractivity contribution >= 4 is 20.6 Å². The van der Waals surface area contributed by atoms with Gasteiger partial charge in [0.05, 0.1) is 0 Å². The van der Waals surface area contributed by atoms with Gasteiger partial charge in [-0.1, -0.05) is 13.8 Å². The predicted octanol–water partition coefficient (Wildman–Crippen LogP) is 4.57. The maximum Gasteiger partial charge on any atom is 0.500 e. The largest absolute Gasteiger partial charge is 0.500 e. The zero-order valence-electron chi connectivity index (χ0n) is 17.7. The molecule has 0 aliphatic heterocycles. The van der Waals surface area contributed by atoms with Crippen molar-refractivity contribution in [2.75, 3.05) is 25.6 Å². The highest BCUT2D eigenvalue weighted by Crippen LogP contribution is 2.21. The van der Waals surface area contributed by atoms with Gasteiger partial charge in [-0.15, -0.1) is 0 Å². The number of rotatable bonds is 15. The number of aryl methyl sites for hydroxylation is 1. The van der Waals surface area contributed by atoms with Crippen LogP contribution in [-0.2, 0) is 25.6 Å². The molecule has 0 bridgehead atoms. The van der Waals surface area contributed by atoms with Crippen LogP contribution in [0, 0.1) is 5.92 Å². The first-order valence-corrected chi connectivity index (χ1v) is 13.2. The van der Waals surface area contributed by atoms with Crippen LogP contribution >= 0.6 is 11.8 Å². The van der Waals surface area contributed by atoms with Crippen molar-refractivity contribution in [2.45, 2.75) is 65.8 Å². The van der Waals surface area contributed by atoms with Crippen LogP contribution in [0.4, 0.5) is 0 Å². The SMILES string of the molecule is CCO[Si](CCCSCc1ccn(CCC(C)C)c(=O)c1)(OCC)OCC. The van der Waals surface area contributed by atoms with Gasteiger partial charge in [0, 0.05) is 50.4 Å². The summed E-state index contributed by atoms with van der Waals surface area (Å²) >= 11 is 1.84. The average Bonchev–Trinajstić information content (AvgIpc) is 2.61. The molecule has 7 heteroatoms. The number of nitrogens with zero attached hydrogens (tertiary/aromatic N) is 1. The van der Waals surface area contributed by atoms with E-state index in [0.717, 1.165) is 42.5 Å². The Morgan fingerprint density at radius 1 is 1.11 bits per heavy atom. The van der Waals surface area contributed by atoms with Crippen molar-refractivity contribution in [3.8, 4) is 0 Å². The molecule has 0 amide bonds. The Labute approximate surface area is 170 Å². The van der Waals surface area contributed by atoms with Crippen LogP contribution < -0.4 is 5.56 Å². The highest BCUT2D eigenvalue weighted by Gasteiger charge is 2.39. The quantitative estimate of drug-likeness (QED) is 0.310. The van der Waals surface area contributed by atoms with Crippen molar-refractivity contribution in [3.63, 3.8) is 0 Å². The molecule has 0 unspecified atom stereocenters. The summed E-state index contributed by atoms with van der Waals surface area (Å²) in [7, 11) is -2.53. The molecular formula is C20H37NO4SSi. The molecule has 5 nitrogen and oxygen atoms in total. The van der Waals surface area contributed by atoms with Gasteiger partial charge in [-0.05, 0) is 56.9 Å². The van der Waals surface area contributed by atoms with E-state index < -0.39 is 8.80 Å². The molecule has 0 atom stereocenters. The lowest BCUT2D eigenvalue weighted by molar-refractivity contribution is 0.0712. The Balaban J connectivity index is 2.44. The molecule has 0 aliphatic carbocycles.